The van der Waals surface area contributed by atoms with Crippen molar-refractivity contribution >= 4 is 11.6 Å². The lowest BCUT2D eigenvalue weighted by Crippen LogP contribution is -2.20. The van der Waals surface area contributed by atoms with Crippen LogP contribution in [0.2, 0.25) is 5.02 Å². The molecule has 20 heavy (non-hydrogen) atoms. The van der Waals surface area contributed by atoms with Gasteiger partial charge < -0.3 is 9.30 Å². The molecule has 0 saturated heterocycles. The monoisotopic (exact) mass is 307 g/mol. The Balaban J connectivity index is 2.44. The summed E-state index contributed by atoms with van der Waals surface area (Å²) in [5, 5.41) is 0.412. The Morgan fingerprint density at radius 3 is 2.55 bits per heavy atom. The summed E-state index contributed by atoms with van der Waals surface area (Å²) < 4.78 is 56.2. The summed E-state index contributed by atoms with van der Waals surface area (Å²) >= 11 is 5.78. The van der Waals surface area contributed by atoms with E-state index in [1.807, 2.05) is 0 Å². The van der Waals surface area contributed by atoms with Crippen LogP contribution in [0.1, 0.15) is 5.56 Å². The molecular formula is C13H10ClF4NO. The Morgan fingerprint density at radius 2 is 2.00 bits per heavy atom. The summed E-state index contributed by atoms with van der Waals surface area (Å²) in [5.41, 5.74) is 0.761. The SMILES string of the molecule is Cc1cc(F)cc(OCC(F)(F)F)c1-n1ccc(Cl)c1. The number of benzene rings is 1. The summed E-state index contributed by atoms with van der Waals surface area (Å²) in [7, 11) is 0. The molecule has 1 aromatic heterocycles. The Labute approximate surface area is 117 Å². The molecule has 0 aliphatic heterocycles. The second-order valence-electron chi connectivity index (χ2n) is 4.21. The third-order valence-electron chi connectivity index (χ3n) is 2.54. The van der Waals surface area contributed by atoms with Gasteiger partial charge in [-0.3, -0.25) is 0 Å². The second-order valence-corrected chi connectivity index (χ2v) is 4.65. The van der Waals surface area contributed by atoms with Crippen LogP contribution in [0.15, 0.2) is 30.6 Å². The van der Waals surface area contributed by atoms with Gasteiger partial charge in [-0.2, -0.15) is 13.2 Å². The molecule has 2 rings (SSSR count). The van der Waals surface area contributed by atoms with Crippen molar-refractivity contribution in [2.24, 2.45) is 0 Å². The summed E-state index contributed by atoms with van der Waals surface area (Å²) in [6, 6.07) is 3.70. The standard InChI is InChI=1S/C13H10ClF4NO/c1-8-4-10(15)5-11(20-7-13(16,17)18)12(8)19-3-2-9(14)6-19/h2-6H,7H2,1H3. The number of aromatic nitrogens is 1. The van der Waals surface area contributed by atoms with Gasteiger partial charge in [0.25, 0.3) is 0 Å². The van der Waals surface area contributed by atoms with Gasteiger partial charge in [0.15, 0.2) is 6.61 Å². The Kier molecular flexibility index (Phi) is 3.94. The van der Waals surface area contributed by atoms with Gasteiger partial charge in [-0.1, -0.05) is 11.6 Å². The molecule has 0 aliphatic rings. The highest BCUT2D eigenvalue weighted by Gasteiger charge is 2.29. The predicted molar refractivity (Wildman–Crippen MR) is 67.0 cm³/mol. The van der Waals surface area contributed by atoms with Gasteiger partial charge in [0.1, 0.15) is 11.6 Å². The minimum atomic E-state index is -4.49. The van der Waals surface area contributed by atoms with E-state index < -0.39 is 18.6 Å². The Morgan fingerprint density at radius 1 is 1.30 bits per heavy atom. The first kappa shape index (κ1) is 14.7. The van der Waals surface area contributed by atoms with E-state index in [4.69, 9.17) is 16.3 Å². The summed E-state index contributed by atoms with van der Waals surface area (Å²) in [6.07, 6.45) is -1.43. The number of rotatable bonds is 3. The number of aryl methyl sites for hydroxylation is 1. The van der Waals surface area contributed by atoms with E-state index in [0.717, 1.165) is 6.07 Å². The van der Waals surface area contributed by atoms with Crippen molar-refractivity contribution in [3.05, 3.63) is 47.0 Å². The summed E-state index contributed by atoms with van der Waals surface area (Å²) in [6.45, 7) is 0.0880. The van der Waals surface area contributed by atoms with Gasteiger partial charge in [0.05, 0.1) is 10.7 Å². The zero-order chi connectivity index (χ0) is 14.9. The molecule has 2 nitrogen and oxygen atoms in total. The molecule has 0 N–H and O–H groups in total. The van der Waals surface area contributed by atoms with Crippen LogP contribution < -0.4 is 4.74 Å². The van der Waals surface area contributed by atoms with Gasteiger partial charge in [-0.15, -0.1) is 0 Å². The molecule has 0 aliphatic carbocycles. The lowest BCUT2D eigenvalue weighted by molar-refractivity contribution is -0.153. The first-order valence-corrected chi connectivity index (χ1v) is 5.97. The van der Waals surface area contributed by atoms with Crippen LogP contribution in [0.5, 0.6) is 5.75 Å². The minimum Gasteiger partial charge on any atom is -0.482 e. The van der Waals surface area contributed by atoms with Crippen LogP contribution >= 0.6 is 11.6 Å². The van der Waals surface area contributed by atoms with Crippen molar-refractivity contribution in [1.82, 2.24) is 4.57 Å². The predicted octanol–water partition coefficient (Wildman–Crippen LogP) is 4.52. The quantitative estimate of drug-likeness (QED) is 0.761. The van der Waals surface area contributed by atoms with Gasteiger partial charge >= 0.3 is 6.18 Å². The van der Waals surface area contributed by atoms with E-state index in [2.05, 4.69) is 0 Å². The third kappa shape index (κ3) is 3.45. The van der Waals surface area contributed by atoms with E-state index in [0.29, 0.717) is 16.3 Å². The lowest BCUT2D eigenvalue weighted by atomic mass is 10.1. The normalized spacial score (nSPS) is 11.7. The number of nitrogens with zero attached hydrogens (tertiary/aromatic N) is 1. The van der Waals surface area contributed by atoms with Gasteiger partial charge in [-0.05, 0) is 24.6 Å². The number of hydrogen-bond donors (Lipinski definition) is 0. The third-order valence-corrected chi connectivity index (χ3v) is 2.76. The molecule has 7 heteroatoms. The van der Waals surface area contributed by atoms with Crippen molar-refractivity contribution in [2.45, 2.75) is 13.1 Å². The maximum Gasteiger partial charge on any atom is 0.422 e. The van der Waals surface area contributed by atoms with Crippen molar-refractivity contribution in [3.8, 4) is 11.4 Å². The van der Waals surface area contributed by atoms with Crippen molar-refractivity contribution in [1.29, 1.82) is 0 Å². The second kappa shape index (κ2) is 5.36. The zero-order valence-corrected chi connectivity index (χ0v) is 11.1. The van der Waals surface area contributed by atoms with Crippen LogP contribution in [-0.2, 0) is 0 Å². The number of alkyl halides is 3. The molecule has 0 saturated carbocycles. The van der Waals surface area contributed by atoms with Crippen LogP contribution in [0.3, 0.4) is 0 Å². The fraction of sp³-hybridized carbons (Fsp3) is 0.231. The lowest BCUT2D eigenvalue weighted by Gasteiger charge is -2.16. The molecule has 2 aromatic rings. The van der Waals surface area contributed by atoms with Gasteiger partial charge in [-0.25, -0.2) is 4.39 Å². The Hall–Kier alpha value is -1.69. The maximum absolute atomic E-state index is 13.4. The van der Waals surface area contributed by atoms with E-state index in [-0.39, 0.29) is 5.75 Å². The highest BCUT2D eigenvalue weighted by Crippen LogP contribution is 2.30. The molecule has 1 aromatic carbocycles. The van der Waals surface area contributed by atoms with Gasteiger partial charge in [0, 0.05) is 18.5 Å². The molecular weight excluding hydrogens is 298 g/mol. The smallest absolute Gasteiger partial charge is 0.422 e. The molecule has 1 heterocycles. The zero-order valence-electron chi connectivity index (χ0n) is 10.3. The van der Waals surface area contributed by atoms with Crippen LogP contribution in [0.25, 0.3) is 5.69 Å². The van der Waals surface area contributed by atoms with Crippen molar-refractivity contribution < 1.29 is 22.3 Å². The number of hydrogen-bond acceptors (Lipinski definition) is 1. The van der Waals surface area contributed by atoms with E-state index in [1.165, 1.54) is 16.8 Å². The highest BCUT2D eigenvalue weighted by atomic mass is 35.5. The van der Waals surface area contributed by atoms with Crippen LogP contribution in [-0.4, -0.2) is 17.4 Å². The molecule has 0 fully saturated rings. The van der Waals surface area contributed by atoms with Crippen LogP contribution in [0, 0.1) is 12.7 Å². The van der Waals surface area contributed by atoms with Crippen molar-refractivity contribution in [2.75, 3.05) is 6.61 Å². The molecule has 0 amide bonds. The van der Waals surface area contributed by atoms with Gasteiger partial charge in [0.2, 0.25) is 0 Å². The summed E-state index contributed by atoms with van der Waals surface area (Å²) in [5.74, 6) is -0.853. The fourth-order valence-corrected chi connectivity index (χ4v) is 1.98. The molecule has 0 bridgehead atoms. The van der Waals surface area contributed by atoms with E-state index >= 15 is 0 Å². The average molecular weight is 308 g/mol. The number of halogens is 5. The molecule has 0 atom stereocenters. The van der Waals surface area contributed by atoms with Crippen molar-refractivity contribution in [3.63, 3.8) is 0 Å². The topological polar surface area (TPSA) is 14.2 Å². The first-order chi connectivity index (χ1) is 9.26. The van der Waals surface area contributed by atoms with E-state index in [9.17, 15) is 17.6 Å². The Bertz CT molecular complexity index is 621. The summed E-state index contributed by atoms with van der Waals surface area (Å²) in [4.78, 5) is 0. The van der Waals surface area contributed by atoms with E-state index in [1.54, 1.807) is 19.2 Å². The molecule has 108 valence electrons. The van der Waals surface area contributed by atoms with Crippen LogP contribution in [0.4, 0.5) is 17.6 Å². The molecule has 0 radical (unpaired) electrons. The minimum absolute atomic E-state index is 0.188. The molecule has 0 spiro atoms. The molecule has 0 unspecified atom stereocenters. The number of ether oxygens (including phenoxy) is 1. The maximum atomic E-state index is 13.4. The fourth-order valence-electron chi connectivity index (χ4n) is 1.81. The largest absolute Gasteiger partial charge is 0.482 e. The highest BCUT2D eigenvalue weighted by molar-refractivity contribution is 6.30. The first-order valence-electron chi connectivity index (χ1n) is 5.60. The average Bonchev–Trinajstić information content (AvgIpc) is 2.71.